The van der Waals surface area contributed by atoms with Gasteiger partial charge in [-0.25, -0.2) is 0 Å². The number of aromatic amines is 1. The summed E-state index contributed by atoms with van der Waals surface area (Å²) < 4.78 is 25.7. The molecule has 3 heterocycles. The van der Waals surface area contributed by atoms with Crippen molar-refractivity contribution in [2.24, 2.45) is 17.1 Å². The highest BCUT2D eigenvalue weighted by Crippen LogP contribution is 2.46. The Labute approximate surface area is 245 Å². The molecule has 2 aromatic heterocycles. The number of rotatable bonds is 13. The van der Waals surface area contributed by atoms with E-state index < -0.39 is 5.41 Å². The first-order chi connectivity index (χ1) is 20.5. The van der Waals surface area contributed by atoms with Gasteiger partial charge in [0, 0.05) is 31.4 Å². The fraction of sp³-hybridized carbons (Fsp3) is 0.467. The number of methoxy groups -OCH3 is 1. The quantitative estimate of drug-likeness (QED) is 0.312. The predicted octanol–water partition coefficient (Wildman–Crippen LogP) is 3.51. The van der Waals surface area contributed by atoms with E-state index in [1.807, 2.05) is 49.0 Å². The van der Waals surface area contributed by atoms with Gasteiger partial charge in [0.25, 0.3) is 0 Å². The number of ether oxygens (including phenoxy) is 4. The van der Waals surface area contributed by atoms with Crippen molar-refractivity contribution >= 4 is 5.91 Å². The van der Waals surface area contributed by atoms with Crippen molar-refractivity contribution in [3.8, 4) is 17.2 Å². The van der Waals surface area contributed by atoms with Gasteiger partial charge in [0.2, 0.25) is 11.7 Å². The number of carbonyl (C=O) groups excluding carboxylic acids is 1. The topological polar surface area (TPSA) is 143 Å². The van der Waals surface area contributed by atoms with Gasteiger partial charge in [-0.3, -0.25) is 9.69 Å². The molecular weight excluding hydrogens is 538 g/mol. The van der Waals surface area contributed by atoms with Crippen LogP contribution in [0.15, 0.2) is 60.3 Å². The van der Waals surface area contributed by atoms with E-state index in [0.717, 1.165) is 55.2 Å². The van der Waals surface area contributed by atoms with Crippen molar-refractivity contribution in [1.82, 2.24) is 30.1 Å². The number of primary amides is 1. The lowest BCUT2D eigenvalue weighted by Gasteiger charge is -2.43. The zero-order valence-electron chi connectivity index (χ0n) is 24.4. The monoisotopic (exact) mass is 577 g/mol. The van der Waals surface area contributed by atoms with Crippen LogP contribution in [0.2, 0.25) is 0 Å². The van der Waals surface area contributed by atoms with E-state index in [9.17, 15) is 4.79 Å². The molecule has 1 aliphatic carbocycles. The molecule has 0 radical (unpaired) electrons. The average molecular weight is 578 g/mol. The van der Waals surface area contributed by atoms with Crippen LogP contribution in [-0.2, 0) is 27.4 Å². The Hall–Kier alpha value is -4.32. The third-order valence-corrected chi connectivity index (χ3v) is 7.93. The summed E-state index contributed by atoms with van der Waals surface area (Å²) in [4.78, 5) is 15.5. The summed E-state index contributed by atoms with van der Waals surface area (Å²) in [5.41, 5.74) is 7.20. The molecule has 1 aliphatic heterocycles. The van der Waals surface area contributed by atoms with Crippen molar-refractivity contribution in [2.45, 2.75) is 46.3 Å². The standard InChI is InChI=1S/C30H39N7O5/c1-4-40-25-14-21(15-26(41-5-2)28(25)37-10-6-7-11-37)19-36-12-8-22(9-13-36)30(29(31)38)17-23(39-3)16-24(18-30)42-20-27-32-34-35-33-27/h6-7,10-11,14-16,18,22H,4-5,8-9,12-13,17,19-20H2,1-3H3,(H2,31,38)(H,32,33,34,35). The van der Waals surface area contributed by atoms with Gasteiger partial charge in [-0.2, -0.15) is 5.21 Å². The van der Waals surface area contributed by atoms with Crippen molar-refractivity contribution in [3.63, 3.8) is 0 Å². The zero-order valence-corrected chi connectivity index (χ0v) is 24.4. The van der Waals surface area contributed by atoms with Crippen LogP contribution in [0.25, 0.3) is 5.69 Å². The number of allylic oxidation sites excluding steroid dienone is 2. The average Bonchev–Trinajstić information content (AvgIpc) is 3.72. The Balaban J connectivity index is 1.32. The first kappa shape index (κ1) is 29.2. The SMILES string of the molecule is CCOc1cc(CN2CCC(C3(C(N)=O)C=C(OCc4nn[nH]n4)C=C(OC)C3)CC2)cc(OCC)c1-n1cccc1. The molecule has 1 aromatic carbocycles. The summed E-state index contributed by atoms with van der Waals surface area (Å²) in [6.07, 6.45) is 9.63. The number of piperidine rings is 1. The number of benzene rings is 1. The van der Waals surface area contributed by atoms with Gasteiger partial charge in [0.15, 0.2) is 6.61 Å². The summed E-state index contributed by atoms with van der Waals surface area (Å²) in [6.45, 7) is 7.54. The molecule has 12 nitrogen and oxygen atoms in total. The fourth-order valence-corrected chi connectivity index (χ4v) is 5.93. The largest absolute Gasteiger partial charge is 0.501 e. The summed E-state index contributed by atoms with van der Waals surface area (Å²) in [7, 11) is 1.59. The highest BCUT2D eigenvalue weighted by molar-refractivity contribution is 5.84. The molecule has 1 amide bonds. The molecule has 0 bridgehead atoms. The van der Waals surface area contributed by atoms with Crippen LogP contribution in [0.4, 0.5) is 0 Å². The number of tetrazole rings is 1. The Morgan fingerprint density at radius 3 is 2.36 bits per heavy atom. The number of carbonyl (C=O) groups is 1. The van der Waals surface area contributed by atoms with E-state index in [1.165, 1.54) is 0 Å². The van der Waals surface area contributed by atoms with Gasteiger partial charge in [0.05, 0.1) is 25.7 Å². The second kappa shape index (κ2) is 13.1. The number of amides is 1. The van der Waals surface area contributed by atoms with Crippen LogP contribution >= 0.6 is 0 Å². The predicted molar refractivity (Wildman–Crippen MR) is 154 cm³/mol. The third kappa shape index (κ3) is 6.28. The summed E-state index contributed by atoms with van der Waals surface area (Å²) in [5.74, 6) is 2.80. The number of hydrogen-bond acceptors (Lipinski definition) is 9. The van der Waals surface area contributed by atoms with Gasteiger partial charge < -0.3 is 29.2 Å². The van der Waals surface area contributed by atoms with E-state index >= 15 is 0 Å². The smallest absolute Gasteiger partial charge is 0.228 e. The molecule has 1 unspecified atom stereocenters. The zero-order chi connectivity index (χ0) is 29.5. The number of H-pyrrole nitrogens is 1. The molecule has 5 rings (SSSR count). The van der Waals surface area contributed by atoms with E-state index in [-0.39, 0.29) is 18.4 Å². The molecule has 12 heteroatoms. The molecule has 3 N–H and O–H groups in total. The minimum absolute atomic E-state index is 0.0305. The maximum absolute atomic E-state index is 13.1. The molecule has 1 atom stereocenters. The molecule has 0 spiro atoms. The highest BCUT2D eigenvalue weighted by atomic mass is 16.5. The molecule has 1 saturated heterocycles. The molecular formula is C30H39N7O5. The van der Waals surface area contributed by atoms with Crippen LogP contribution in [0, 0.1) is 11.3 Å². The minimum atomic E-state index is -0.915. The highest BCUT2D eigenvalue weighted by Gasteiger charge is 2.46. The summed E-state index contributed by atoms with van der Waals surface area (Å²) in [6, 6.07) is 8.17. The summed E-state index contributed by atoms with van der Waals surface area (Å²) in [5, 5.41) is 13.8. The normalized spacial score (nSPS) is 19.6. The van der Waals surface area contributed by atoms with Crippen LogP contribution in [0.5, 0.6) is 11.5 Å². The van der Waals surface area contributed by atoms with Gasteiger partial charge in [-0.15, -0.1) is 10.2 Å². The minimum Gasteiger partial charge on any atom is -0.501 e. The van der Waals surface area contributed by atoms with E-state index in [1.54, 1.807) is 13.2 Å². The Kier molecular flexibility index (Phi) is 9.11. The number of nitrogens with two attached hydrogens (primary N) is 1. The van der Waals surface area contributed by atoms with Crippen molar-refractivity contribution in [3.05, 3.63) is 71.7 Å². The molecule has 224 valence electrons. The van der Waals surface area contributed by atoms with Crippen LogP contribution in [0.3, 0.4) is 0 Å². The second-order valence-corrected chi connectivity index (χ2v) is 10.5. The van der Waals surface area contributed by atoms with Crippen molar-refractivity contribution in [2.75, 3.05) is 33.4 Å². The number of likely N-dealkylation sites (tertiary alicyclic amines) is 1. The maximum atomic E-state index is 13.1. The Morgan fingerprint density at radius 1 is 1.10 bits per heavy atom. The number of nitrogens with one attached hydrogen (secondary N) is 1. The molecule has 2 aliphatic rings. The molecule has 3 aromatic rings. The van der Waals surface area contributed by atoms with Crippen LogP contribution in [-0.4, -0.2) is 69.4 Å². The van der Waals surface area contributed by atoms with Crippen molar-refractivity contribution in [1.29, 1.82) is 0 Å². The van der Waals surface area contributed by atoms with Gasteiger partial charge >= 0.3 is 0 Å². The lowest BCUT2D eigenvalue weighted by Crippen LogP contribution is -2.48. The Bertz CT molecular complexity index is 1370. The fourth-order valence-electron chi connectivity index (χ4n) is 5.93. The third-order valence-electron chi connectivity index (χ3n) is 7.93. The van der Waals surface area contributed by atoms with Crippen molar-refractivity contribution < 1.29 is 23.7 Å². The van der Waals surface area contributed by atoms with Crippen LogP contribution < -0.4 is 15.2 Å². The van der Waals surface area contributed by atoms with E-state index in [0.29, 0.717) is 37.0 Å². The number of aromatic nitrogens is 5. The second-order valence-electron chi connectivity index (χ2n) is 10.5. The summed E-state index contributed by atoms with van der Waals surface area (Å²) >= 11 is 0. The van der Waals surface area contributed by atoms with Gasteiger partial charge in [-0.1, -0.05) is 5.21 Å². The number of hydrogen-bond donors (Lipinski definition) is 2. The maximum Gasteiger partial charge on any atom is 0.228 e. The lowest BCUT2D eigenvalue weighted by molar-refractivity contribution is -0.129. The van der Waals surface area contributed by atoms with Crippen LogP contribution in [0.1, 0.15) is 44.5 Å². The first-order valence-electron chi connectivity index (χ1n) is 14.4. The number of nitrogens with zero attached hydrogens (tertiary/aromatic N) is 5. The first-order valence-corrected chi connectivity index (χ1v) is 14.4. The molecule has 0 saturated carbocycles. The lowest BCUT2D eigenvalue weighted by atomic mass is 9.66. The van der Waals surface area contributed by atoms with Gasteiger partial charge in [0.1, 0.15) is 28.7 Å². The van der Waals surface area contributed by atoms with Gasteiger partial charge in [-0.05, 0) is 81.6 Å². The molecule has 42 heavy (non-hydrogen) atoms. The van der Waals surface area contributed by atoms with E-state index in [4.69, 9.17) is 24.7 Å². The molecule has 1 fully saturated rings. The Morgan fingerprint density at radius 2 is 1.79 bits per heavy atom. The van der Waals surface area contributed by atoms with E-state index in [2.05, 4.69) is 37.7 Å².